The number of carbonyl (C=O) groups excluding carboxylic acids is 1. The van der Waals surface area contributed by atoms with Crippen molar-refractivity contribution in [2.45, 2.75) is 18.6 Å². The molecule has 1 aliphatic heterocycles. The monoisotopic (exact) mass is 396 g/mol. The van der Waals surface area contributed by atoms with Crippen molar-refractivity contribution < 1.29 is 22.7 Å². The van der Waals surface area contributed by atoms with E-state index in [9.17, 15) is 18.0 Å². The molecule has 1 atom stereocenters. The van der Waals surface area contributed by atoms with E-state index in [0.29, 0.717) is 16.5 Å². The Morgan fingerprint density at radius 3 is 2.15 bits per heavy atom. The molecule has 0 fully saturated rings. The quantitative estimate of drug-likeness (QED) is 0.770. The zero-order chi connectivity index (χ0) is 19.8. The molecular formula is C19H16ClF3N2O2. The summed E-state index contributed by atoms with van der Waals surface area (Å²) in [6, 6.07) is 10.8. The normalized spacial score (nSPS) is 20.1. The van der Waals surface area contributed by atoms with Crippen LogP contribution in [-0.4, -0.2) is 19.3 Å². The number of ether oxygens (including phenoxy) is 1. The van der Waals surface area contributed by atoms with E-state index in [2.05, 4.69) is 5.32 Å². The zero-order valence-corrected chi connectivity index (χ0v) is 15.2. The fraction of sp³-hybridized carbons (Fsp3) is 0.211. The third-order valence-electron chi connectivity index (χ3n) is 4.36. The molecule has 3 rings (SSSR count). The Kier molecular flexibility index (Phi) is 4.82. The predicted octanol–water partition coefficient (Wildman–Crippen LogP) is 5.24. The van der Waals surface area contributed by atoms with E-state index in [0.717, 1.165) is 6.08 Å². The van der Waals surface area contributed by atoms with Crippen molar-refractivity contribution in [2.24, 2.45) is 0 Å². The van der Waals surface area contributed by atoms with Gasteiger partial charge < -0.3 is 10.1 Å². The minimum Gasteiger partial charge on any atom is -0.497 e. The number of methoxy groups -OCH3 is 1. The lowest BCUT2D eigenvalue weighted by Crippen LogP contribution is -2.61. The highest BCUT2D eigenvalue weighted by Gasteiger charge is 2.58. The topological polar surface area (TPSA) is 41.6 Å². The molecule has 4 nitrogen and oxygen atoms in total. The first-order valence-corrected chi connectivity index (χ1v) is 8.34. The third kappa shape index (κ3) is 3.35. The summed E-state index contributed by atoms with van der Waals surface area (Å²) >= 11 is 5.84. The van der Waals surface area contributed by atoms with Crippen LogP contribution in [0.15, 0.2) is 60.3 Å². The third-order valence-corrected chi connectivity index (χ3v) is 4.61. The molecule has 1 unspecified atom stereocenters. The van der Waals surface area contributed by atoms with E-state index in [4.69, 9.17) is 16.3 Å². The second-order valence-electron chi connectivity index (χ2n) is 6.06. The molecule has 0 spiro atoms. The lowest BCUT2D eigenvalue weighted by molar-refractivity contribution is -0.182. The SMILES string of the molecule is COc1ccc(C2(C(F)(F)F)C=C(C)N(c3ccc(Cl)cc3)C(=O)N2)cc1. The molecule has 0 aromatic heterocycles. The average Bonchev–Trinajstić information content (AvgIpc) is 2.61. The molecule has 0 saturated heterocycles. The number of urea groups is 1. The van der Waals surface area contributed by atoms with Crippen LogP contribution in [0, 0.1) is 0 Å². The number of benzene rings is 2. The van der Waals surface area contributed by atoms with E-state index in [-0.39, 0.29) is 11.3 Å². The molecule has 2 aromatic carbocycles. The van der Waals surface area contributed by atoms with Gasteiger partial charge in [0.1, 0.15) is 5.75 Å². The van der Waals surface area contributed by atoms with Crippen molar-refractivity contribution >= 4 is 23.3 Å². The minimum atomic E-state index is -4.75. The van der Waals surface area contributed by atoms with Gasteiger partial charge in [-0.2, -0.15) is 13.2 Å². The van der Waals surface area contributed by atoms with Crippen molar-refractivity contribution in [3.05, 3.63) is 70.9 Å². The Hall–Kier alpha value is -2.67. The molecule has 2 amide bonds. The zero-order valence-electron chi connectivity index (χ0n) is 14.5. The fourth-order valence-corrected chi connectivity index (χ4v) is 3.16. The Balaban J connectivity index is 2.11. The lowest BCUT2D eigenvalue weighted by Gasteiger charge is -2.41. The van der Waals surface area contributed by atoms with Gasteiger partial charge in [-0.25, -0.2) is 4.79 Å². The van der Waals surface area contributed by atoms with Crippen LogP contribution < -0.4 is 15.0 Å². The van der Waals surface area contributed by atoms with Gasteiger partial charge in [0.2, 0.25) is 0 Å². The van der Waals surface area contributed by atoms with Crippen LogP contribution in [0.2, 0.25) is 5.02 Å². The number of hydrogen-bond donors (Lipinski definition) is 1. The summed E-state index contributed by atoms with van der Waals surface area (Å²) in [5.74, 6) is 0.418. The summed E-state index contributed by atoms with van der Waals surface area (Å²) in [6.45, 7) is 1.46. The predicted molar refractivity (Wildman–Crippen MR) is 96.9 cm³/mol. The number of amides is 2. The number of allylic oxidation sites excluding steroid dienone is 1. The number of nitrogens with zero attached hydrogens (tertiary/aromatic N) is 1. The van der Waals surface area contributed by atoms with Gasteiger partial charge in [-0.15, -0.1) is 0 Å². The maximum Gasteiger partial charge on any atom is 0.419 e. The molecule has 0 aliphatic carbocycles. The molecule has 0 radical (unpaired) electrons. The molecular weight excluding hydrogens is 381 g/mol. The van der Waals surface area contributed by atoms with Gasteiger partial charge in [-0.3, -0.25) is 4.90 Å². The maximum absolute atomic E-state index is 14.1. The lowest BCUT2D eigenvalue weighted by atomic mass is 9.86. The summed E-state index contributed by atoms with van der Waals surface area (Å²) in [4.78, 5) is 13.8. The van der Waals surface area contributed by atoms with Crippen LogP contribution >= 0.6 is 11.6 Å². The molecule has 2 aromatic rings. The van der Waals surface area contributed by atoms with Crippen molar-refractivity contribution in [3.63, 3.8) is 0 Å². The van der Waals surface area contributed by atoms with Crippen molar-refractivity contribution in [1.82, 2.24) is 5.32 Å². The van der Waals surface area contributed by atoms with Gasteiger partial charge in [0, 0.05) is 10.7 Å². The second-order valence-corrected chi connectivity index (χ2v) is 6.50. The standard InChI is InChI=1S/C19H16ClF3N2O2/c1-12-11-18(19(21,22)23,13-3-9-16(27-2)10-4-13)24-17(26)25(12)15-7-5-14(20)6-8-15/h3-11H,1-2H3,(H,24,26). The first-order valence-electron chi connectivity index (χ1n) is 7.96. The van der Waals surface area contributed by atoms with E-state index in [1.165, 1.54) is 43.2 Å². The highest BCUT2D eigenvalue weighted by atomic mass is 35.5. The number of alkyl halides is 3. The summed E-state index contributed by atoms with van der Waals surface area (Å²) in [7, 11) is 1.42. The van der Waals surface area contributed by atoms with Crippen LogP contribution in [0.3, 0.4) is 0 Å². The van der Waals surface area contributed by atoms with E-state index < -0.39 is 17.7 Å². The highest BCUT2D eigenvalue weighted by Crippen LogP contribution is 2.44. The molecule has 1 N–H and O–H groups in total. The molecule has 0 saturated carbocycles. The van der Waals surface area contributed by atoms with E-state index in [1.54, 1.807) is 24.3 Å². The maximum atomic E-state index is 14.1. The smallest absolute Gasteiger partial charge is 0.419 e. The van der Waals surface area contributed by atoms with Gasteiger partial charge in [0.15, 0.2) is 5.54 Å². The number of hydrogen-bond acceptors (Lipinski definition) is 2. The first kappa shape index (κ1) is 19.1. The van der Waals surface area contributed by atoms with Crippen LogP contribution in [0.4, 0.5) is 23.7 Å². The van der Waals surface area contributed by atoms with Crippen LogP contribution in [-0.2, 0) is 5.54 Å². The molecule has 142 valence electrons. The average molecular weight is 397 g/mol. The largest absolute Gasteiger partial charge is 0.497 e. The van der Waals surface area contributed by atoms with Gasteiger partial charge in [0.25, 0.3) is 0 Å². The second kappa shape index (κ2) is 6.81. The molecule has 1 heterocycles. The van der Waals surface area contributed by atoms with E-state index in [1.807, 2.05) is 0 Å². The number of anilines is 1. The highest BCUT2D eigenvalue weighted by molar-refractivity contribution is 6.30. The van der Waals surface area contributed by atoms with Crippen LogP contribution in [0.1, 0.15) is 12.5 Å². The summed E-state index contributed by atoms with van der Waals surface area (Å²) in [5.41, 5.74) is -2.19. The van der Waals surface area contributed by atoms with Gasteiger partial charge in [0.05, 0.1) is 12.8 Å². The van der Waals surface area contributed by atoms with Gasteiger partial charge in [-0.1, -0.05) is 23.7 Å². The van der Waals surface area contributed by atoms with Crippen molar-refractivity contribution in [1.29, 1.82) is 0 Å². The van der Waals surface area contributed by atoms with Gasteiger partial charge >= 0.3 is 12.2 Å². The van der Waals surface area contributed by atoms with Crippen molar-refractivity contribution in [3.8, 4) is 5.75 Å². The number of halogens is 4. The molecule has 0 bridgehead atoms. The molecule has 27 heavy (non-hydrogen) atoms. The minimum absolute atomic E-state index is 0.112. The summed E-state index contributed by atoms with van der Waals surface area (Å²) in [6.07, 6.45) is -3.74. The summed E-state index contributed by atoms with van der Waals surface area (Å²) in [5, 5.41) is 2.59. The first-order chi connectivity index (χ1) is 12.7. The molecule has 8 heteroatoms. The number of rotatable bonds is 3. The number of nitrogens with one attached hydrogen (secondary N) is 1. The Morgan fingerprint density at radius 1 is 1.07 bits per heavy atom. The number of carbonyl (C=O) groups is 1. The van der Waals surface area contributed by atoms with E-state index >= 15 is 0 Å². The van der Waals surface area contributed by atoms with Gasteiger partial charge in [-0.05, 0) is 55.0 Å². The Labute approximate surface area is 159 Å². The molecule has 1 aliphatic rings. The summed E-state index contributed by atoms with van der Waals surface area (Å²) < 4.78 is 47.2. The Morgan fingerprint density at radius 2 is 1.67 bits per heavy atom. The fourth-order valence-electron chi connectivity index (χ4n) is 3.04. The van der Waals surface area contributed by atoms with Crippen LogP contribution in [0.25, 0.3) is 0 Å². The Bertz CT molecular complexity index is 879. The van der Waals surface area contributed by atoms with Crippen molar-refractivity contribution in [2.75, 3.05) is 12.0 Å². The van der Waals surface area contributed by atoms with Crippen LogP contribution in [0.5, 0.6) is 5.75 Å².